The molecular weight excluding hydrogens is 342 g/mol. The van der Waals surface area contributed by atoms with E-state index in [1.165, 1.54) is 11.8 Å². The molecule has 0 bridgehead atoms. The maximum Gasteiger partial charge on any atom is 0.230 e. The van der Waals surface area contributed by atoms with E-state index in [0.29, 0.717) is 25.3 Å². The third-order valence-corrected chi connectivity index (χ3v) is 5.86. The van der Waals surface area contributed by atoms with Crippen LogP contribution >= 0.6 is 23.1 Å². The van der Waals surface area contributed by atoms with Crippen molar-refractivity contribution in [1.29, 1.82) is 0 Å². The summed E-state index contributed by atoms with van der Waals surface area (Å²) in [6.07, 6.45) is 0.375. The summed E-state index contributed by atoms with van der Waals surface area (Å²) < 4.78 is 0.899. The number of nitrogens with zero attached hydrogens (tertiary/aromatic N) is 2. The van der Waals surface area contributed by atoms with E-state index in [1.807, 2.05) is 42.6 Å². The van der Waals surface area contributed by atoms with Gasteiger partial charge in [0.05, 0.1) is 11.8 Å². The van der Waals surface area contributed by atoms with E-state index in [4.69, 9.17) is 0 Å². The van der Waals surface area contributed by atoms with Crippen LogP contribution in [0.5, 0.6) is 0 Å². The second-order valence-electron chi connectivity index (χ2n) is 5.77. The molecule has 1 atom stereocenters. The molecule has 0 aliphatic carbocycles. The van der Waals surface area contributed by atoms with Crippen LogP contribution < -0.4 is 5.32 Å². The summed E-state index contributed by atoms with van der Waals surface area (Å²) in [7, 11) is 0. The molecule has 1 aliphatic heterocycles. The largest absolute Gasteiger partial charge is 0.350 e. The van der Waals surface area contributed by atoms with E-state index in [-0.39, 0.29) is 17.9 Å². The van der Waals surface area contributed by atoms with Gasteiger partial charge in [-0.3, -0.25) is 9.59 Å². The van der Waals surface area contributed by atoms with Crippen LogP contribution in [0.3, 0.4) is 0 Å². The van der Waals surface area contributed by atoms with E-state index in [0.717, 1.165) is 15.6 Å². The molecule has 1 fully saturated rings. The maximum absolute atomic E-state index is 12.1. The fourth-order valence-electron chi connectivity index (χ4n) is 2.62. The molecule has 2 amide bonds. The minimum atomic E-state index is -0.104. The number of carbonyl (C=O) groups excluding carboxylic acids is 2. The first-order chi connectivity index (χ1) is 11.6. The fraction of sp³-hybridized carbons (Fsp3) is 0.353. The molecule has 2 aromatic rings. The highest BCUT2D eigenvalue weighted by atomic mass is 32.2. The third kappa shape index (κ3) is 4.58. The summed E-state index contributed by atoms with van der Waals surface area (Å²) in [6, 6.07) is 9.80. The highest BCUT2D eigenvalue weighted by molar-refractivity contribution is 8.01. The van der Waals surface area contributed by atoms with Crippen LogP contribution in [0.1, 0.15) is 17.7 Å². The van der Waals surface area contributed by atoms with Crippen LogP contribution in [0, 0.1) is 6.92 Å². The van der Waals surface area contributed by atoms with Gasteiger partial charge in [0.25, 0.3) is 0 Å². The van der Waals surface area contributed by atoms with Crippen molar-refractivity contribution in [1.82, 2.24) is 15.2 Å². The Morgan fingerprint density at radius 3 is 2.92 bits per heavy atom. The zero-order valence-corrected chi connectivity index (χ0v) is 15.0. The fourth-order valence-corrected chi connectivity index (χ4v) is 4.28. The SMILES string of the molecule is Cc1csc(SCC(=O)NC2CC(=O)N(Cc3ccccc3)C2)n1. The number of hydrogen-bond acceptors (Lipinski definition) is 5. The molecule has 1 unspecified atom stereocenters. The van der Waals surface area contributed by atoms with Crippen molar-refractivity contribution in [3.05, 3.63) is 47.0 Å². The van der Waals surface area contributed by atoms with Gasteiger partial charge in [0.15, 0.2) is 4.34 Å². The van der Waals surface area contributed by atoms with Crippen molar-refractivity contribution in [2.45, 2.75) is 30.3 Å². The second kappa shape index (κ2) is 7.81. The van der Waals surface area contributed by atoms with E-state index in [9.17, 15) is 9.59 Å². The number of hydrogen-bond donors (Lipinski definition) is 1. The topological polar surface area (TPSA) is 62.3 Å². The van der Waals surface area contributed by atoms with E-state index < -0.39 is 0 Å². The number of amides is 2. The number of aryl methyl sites for hydroxylation is 1. The number of carbonyl (C=O) groups is 2. The molecule has 2 heterocycles. The number of aromatic nitrogens is 1. The summed E-state index contributed by atoms with van der Waals surface area (Å²) in [5.41, 5.74) is 2.08. The lowest BCUT2D eigenvalue weighted by Gasteiger charge is -2.17. The van der Waals surface area contributed by atoms with Gasteiger partial charge in [0.2, 0.25) is 11.8 Å². The zero-order valence-electron chi connectivity index (χ0n) is 13.4. The van der Waals surface area contributed by atoms with Crippen LogP contribution in [0.4, 0.5) is 0 Å². The smallest absolute Gasteiger partial charge is 0.230 e. The van der Waals surface area contributed by atoms with Crippen LogP contribution in [0.2, 0.25) is 0 Å². The molecule has 1 aliphatic rings. The molecule has 3 rings (SSSR count). The molecule has 1 saturated heterocycles. The Balaban J connectivity index is 1.46. The summed E-state index contributed by atoms with van der Waals surface area (Å²) in [5, 5.41) is 4.93. The minimum Gasteiger partial charge on any atom is -0.350 e. The number of likely N-dealkylation sites (tertiary alicyclic amines) is 1. The van der Waals surface area contributed by atoms with Gasteiger partial charge in [-0.25, -0.2) is 4.98 Å². The van der Waals surface area contributed by atoms with Crippen LogP contribution in [0.25, 0.3) is 0 Å². The molecule has 0 saturated carbocycles. The number of benzene rings is 1. The number of nitrogens with one attached hydrogen (secondary N) is 1. The average Bonchev–Trinajstić information content (AvgIpc) is 3.12. The quantitative estimate of drug-likeness (QED) is 0.803. The van der Waals surface area contributed by atoms with Gasteiger partial charge in [-0.2, -0.15) is 0 Å². The van der Waals surface area contributed by atoms with Crippen LogP contribution in [-0.4, -0.2) is 40.0 Å². The molecular formula is C17H19N3O2S2. The Morgan fingerprint density at radius 2 is 2.21 bits per heavy atom. The Kier molecular flexibility index (Phi) is 5.52. The van der Waals surface area contributed by atoms with Crippen molar-refractivity contribution in [3.8, 4) is 0 Å². The molecule has 5 nitrogen and oxygen atoms in total. The minimum absolute atomic E-state index is 0.0489. The Labute approximate surface area is 149 Å². The lowest BCUT2D eigenvalue weighted by molar-refractivity contribution is -0.128. The van der Waals surface area contributed by atoms with E-state index in [2.05, 4.69) is 10.3 Å². The highest BCUT2D eigenvalue weighted by Gasteiger charge is 2.30. The van der Waals surface area contributed by atoms with E-state index in [1.54, 1.807) is 16.2 Å². The van der Waals surface area contributed by atoms with Crippen molar-refractivity contribution in [3.63, 3.8) is 0 Å². The number of thiazole rings is 1. The third-order valence-electron chi connectivity index (χ3n) is 3.72. The molecule has 1 aromatic heterocycles. The monoisotopic (exact) mass is 361 g/mol. The molecule has 1 aromatic carbocycles. The Morgan fingerprint density at radius 1 is 1.42 bits per heavy atom. The van der Waals surface area contributed by atoms with Crippen molar-refractivity contribution in [2.24, 2.45) is 0 Å². The van der Waals surface area contributed by atoms with Gasteiger partial charge < -0.3 is 10.2 Å². The van der Waals surface area contributed by atoms with Gasteiger partial charge >= 0.3 is 0 Å². The van der Waals surface area contributed by atoms with Gasteiger partial charge in [0, 0.05) is 30.6 Å². The first kappa shape index (κ1) is 17.0. The van der Waals surface area contributed by atoms with Crippen LogP contribution in [0.15, 0.2) is 40.1 Å². The number of thioether (sulfide) groups is 1. The molecule has 0 spiro atoms. The van der Waals surface area contributed by atoms with Crippen molar-refractivity contribution in [2.75, 3.05) is 12.3 Å². The van der Waals surface area contributed by atoms with Crippen LogP contribution in [-0.2, 0) is 16.1 Å². The second-order valence-corrected chi connectivity index (χ2v) is 7.85. The highest BCUT2D eigenvalue weighted by Crippen LogP contribution is 2.22. The summed E-state index contributed by atoms with van der Waals surface area (Å²) >= 11 is 2.98. The molecule has 126 valence electrons. The maximum atomic E-state index is 12.1. The lowest BCUT2D eigenvalue weighted by atomic mass is 10.2. The van der Waals surface area contributed by atoms with Crippen molar-refractivity contribution >= 4 is 34.9 Å². The molecule has 1 N–H and O–H groups in total. The molecule has 7 heteroatoms. The Hall–Kier alpha value is -1.86. The summed E-state index contributed by atoms with van der Waals surface area (Å²) in [6.45, 7) is 3.10. The van der Waals surface area contributed by atoms with Gasteiger partial charge in [-0.15, -0.1) is 11.3 Å². The number of rotatable bonds is 6. The first-order valence-electron chi connectivity index (χ1n) is 7.76. The molecule has 0 radical (unpaired) electrons. The standard InChI is InChI=1S/C17H19N3O2S2/c1-12-10-23-17(18-12)24-11-15(21)19-14-7-16(22)20(9-14)8-13-5-3-2-4-6-13/h2-6,10,14H,7-9,11H2,1H3,(H,19,21). The zero-order chi connectivity index (χ0) is 16.9. The predicted molar refractivity (Wildman–Crippen MR) is 96.0 cm³/mol. The summed E-state index contributed by atoms with van der Waals surface area (Å²) in [5.74, 6) is 0.371. The average molecular weight is 361 g/mol. The normalized spacial score (nSPS) is 17.3. The van der Waals surface area contributed by atoms with Gasteiger partial charge in [-0.1, -0.05) is 42.1 Å². The van der Waals surface area contributed by atoms with Gasteiger partial charge in [0.1, 0.15) is 0 Å². The Bertz CT molecular complexity index is 718. The molecule has 24 heavy (non-hydrogen) atoms. The van der Waals surface area contributed by atoms with Gasteiger partial charge in [-0.05, 0) is 12.5 Å². The first-order valence-corrected chi connectivity index (χ1v) is 9.62. The summed E-state index contributed by atoms with van der Waals surface area (Å²) in [4.78, 5) is 30.3. The van der Waals surface area contributed by atoms with Crippen molar-refractivity contribution < 1.29 is 9.59 Å². The predicted octanol–water partition coefficient (Wildman–Crippen LogP) is 2.46. The van der Waals surface area contributed by atoms with E-state index >= 15 is 0 Å². The lowest BCUT2D eigenvalue weighted by Crippen LogP contribution is -2.38.